The van der Waals surface area contributed by atoms with Crippen molar-refractivity contribution in [2.75, 3.05) is 13.1 Å². The van der Waals surface area contributed by atoms with Crippen molar-refractivity contribution in [1.29, 1.82) is 0 Å². The SMILES string of the molecule is CCNC(=NCc1ccccc1Cl)NCC(=O)NC1CCCCC1.I. The number of hydrogen-bond donors (Lipinski definition) is 3. The second-order valence-corrected chi connectivity index (χ2v) is 6.45. The van der Waals surface area contributed by atoms with Crippen LogP contribution in [-0.2, 0) is 11.3 Å². The van der Waals surface area contributed by atoms with Gasteiger partial charge in [0.15, 0.2) is 5.96 Å². The summed E-state index contributed by atoms with van der Waals surface area (Å²) in [4.78, 5) is 16.6. The van der Waals surface area contributed by atoms with E-state index < -0.39 is 0 Å². The van der Waals surface area contributed by atoms with E-state index in [1.807, 2.05) is 31.2 Å². The van der Waals surface area contributed by atoms with Crippen molar-refractivity contribution in [2.45, 2.75) is 51.6 Å². The highest BCUT2D eigenvalue weighted by Crippen LogP contribution is 2.17. The summed E-state index contributed by atoms with van der Waals surface area (Å²) in [6.45, 7) is 3.43. The molecule has 0 unspecified atom stereocenters. The summed E-state index contributed by atoms with van der Waals surface area (Å²) in [5.41, 5.74) is 0.961. The standard InChI is InChI=1S/C18H27ClN4O.HI/c1-2-20-18(21-12-14-8-6-7-11-16(14)19)22-13-17(24)23-15-9-4-3-5-10-15;/h6-8,11,15H,2-5,9-10,12-13H2,1H3,(H,23,24)(H2,20,21,22);1H. The zero-order valence-corrected chi connectivity index (χ0v) is 17.8. The molecule has 0 spiro atoms. The number of amides is 1. The van der Waals surface area contributed by atoms with Gasteiger partial charge in [0, 0.05) is 17.6 Å². The van der Waals surface area contributed by atoms with E-state index in [4.69, 9.17) is 11.6 Å². The quantitative estimate of drug-likeness (QED) is 0.333. The fraction of sp³-hybridized carbons (Fsp3) is 0.556. The van der Waals surface area contributed by atoms with Gasteiger partial charge in [-0.25, -0.2) is 4.99 Å². The highest BCUT2D eigenvalue weighted by Gasteiger charge is 2.15. The van der Waals surface area contributed by atoms with Crippen LogP contribution in [0.5, 0.6) is 0 Å². The van der Waals surface area contributed by atoms with Crippen molar-refractivity contribution in [3.05, 3.63) is 34.9 Å². The molecule has 140 valence electrons. The maximum atomic E-state index is 12.1. The molecule has 0 atom stereocenters. The Morgan fingerprint density at radius 2 is 1.92 bits per heavy atom. The molecule has 1 aromatic rings. The Kier molecular flexibility index (Phi) is 10.9. The van der Waals surface area contributed by atoms with Gasteiger partial charge in [-0.2, -0.15) is 0 Å². The summed E-state index contributed by atoms with van der Waals surface area (Å²) in [6.07, 6.45) is 5.88. The molecular weight excluding hydrogens is 451 g/mol. The molecule has 0 saturated heterocycles. The monoisotopic (exact) mass is 478 g/mol. The van der Waals surface area contributed by atoms with Crippen LogP contribution in [0.4, 0.5) is 0 Å². The van der Waals surface area contributed by atoms with Gasteiger partial charge in [-0.3, -0.25) is 4.79 Å². The fourth-order valence-corrected chi connectivity index (χ4v) is 3.02. The molecule has 2 rings (SSSR count). The van der Waals surface area contributed by atoms with E-state index in [1.165, 1.54) is 19.3 Å². The van der Waals surface area contributed by atoms with Gasteiger partial charge in [-0.1, -0.05) is 49.1 Å². The molecule has 1 aromatic carbocycles. The van der Waals surface area contributed by atoms with Crippen LogP contribution >= 0.6 is 35.6 Å². The van der Waals surface area contributed by atoms with Gasteiger partial charge in [0.2, 0.25) is 5.91 Å². The Morgan fingerprint density at radius 3 is 2.60 bits per heavy atom. The number of hydrogen-bond acceptors (Lipinski definition) is 2. The van der Waals surface area contributed by atoms with Crippen molar-refractivity contribution in [2.24, 2.45) is 4.99 Å². The van der Waals surface area contributed by atoms with Crippen molar-refractivity contribution >= 4 is 47.4 Å². The number of nitrogens with one attached hydrogen (secondary N) is 3. The van der Waals surface area contributed by atoms with Crippen molar-refractivity contribution < 1.29 is 4.79 Å². The number of halogens is 2. The first-order chi connectivity index (χ1) is 11.7. The molecule has 1 aliphatic rings. The number of nitrogens with zero attached hydrogens (tertiary/aromatic N) is 1. The Labute approximate surface area is 172 Å². The lowest BCUT2D eigenvalue weighted by Gasteiger charge is -2.23. The summed E-state index contributed by atoms with van der Waals surface area (Å²) < 4.78 is 0. The van der Waals surface area contributed by atoms with E-state index in [1.54, 1.807) is 0 Å². The van der Waals surface area contributed by atoms with E-state index in [0.29, 0.717) is 23.6 Å². The predicted octanol–water partition coefficient (Wildman–Crippen LogP) is 3.46. The molecule has 1 fully saturated rings. The van der Waals surface area contributed by atoms with Crippen molar-refractivity contribution in [1.82, 2.24) is 16.0 Å². The Hall–Kier alpha value is -1.02. The average molecular weight is 479 g/mol. The summed E-state index contributed by atoms with van der Waals surface area (Å²) >= 11 is 6.15. The lowest BCUT2D eigenvalue weighted by atomic mass is 9.95. The van der Waals surface area contributed by atoms with E-state index in [2.05, 4.69) is 20.9 Å². The third-order valence-electron chi connectivity index (χ3n) is 4.10. The molecule has 3 N–H and O–H groups in total. The number of benzene rings is 1. The number of rotatable bonds is 6. The minimum Gasteiger partial charge on any atom is -0.357 e. The van der Waals surface area contributed by atoms with Gasteiger partial charge in [0.25, 0.3) is 0 Å². The zero-order chi connectivity index (χ0) is 17.2. The molecule has 1 aliphatic carbocycles. The normalized spacial score (nSPS) is 15.2. The Bertz CT molecular complexity index is 562. The van der Waals surface area contributed by atoms with Crippen LogP contribution in [0.15, 0.2) is 29.3 Å². The minimum absolute atomic E-state index is 0. The van der Waals surface area contributed by atoms with Crippen molar-refractivity contribution in [3.63, 3.8) is 0 Å². The van der Waals surface area contributed by atoms with Crippen LogP contribution < -0.4 is 16.0 Å². The van der Waals surface area contributed by atoms with Gasteiger partial charge in [-0.05, 0) is 31.4 Å². The topological polar surface area (TPSA) is 65.5 Å². The van der Waals surface area contributed by atoms with Gasteiger partial charge in [-0.15, -0.1) is 24.0 Å². The van der Waals surface area contributed by atoms with Crippen LogP contribution in [0.2, 0.25) is 5.02 Å². The van der Waals surface area contributed by atoms with E-state index in [9.17, 15) is 4.79 Å². The van der Waals surface area contributed by atoms with Crippen LogP contribution in [0.25, 0.3) is 0 Å². The molecule has 0 radical (unpaired) electrons. The summed E-state index contributed by atoms with van der Waals surface area (Å²) in [7, 11) is 0. The zero-order valence-electron chi connectivity index (χ0n) is 14.7. The lowest BCUT2D eigenvalue weighted by Crippen LogP contribution is -2.46. The molecule has 7 heteroatoms. The Balaban J connectivity index is 0.00000312. The van der Waals surface area contributed by atoms with Gasteiger partial charge in [0.1, 0.15) is 0 Å². The third kappa shape index (κ3) is 8.27. The summed E-state index contributed by atoms with van der Waals surface area (Å²) in [5.74, 6) is 0.640. The molecule has 5 nitrogen and oxygen atoms in total. The molecular formula is C18H28ClIN4O. The average Bonchev–Trinajstić information content (AvgIpc) is 2.59. The third-order valence-corrected chi connectivity index (χ3v) is 4.46. The van der Waals surface area contributed by atoms with Crippen LogP contribution in [0.3, 0.4) is 0 Å². The molecule has 1 amide bonds. The Morgan fingerprint density at radius 1 is 1.20 bits per heavy atom. The maximum Gasteiger partial charge on any atom is 0.239 e. The number of aliphatic imine (C=N–C) groups is 1. The van der Waals surface area contributed by atoms with Gasteiger partial charge < -0.3 is 16.0 Å². The number of carbonyl (C=O) groups excluding carboxylic acids is 1. The van der Waals surface area contributed by atoms with Gasteiger partial charge >= 0.3 is 0 Å². The lowest BCUT2D eigenvalue weighted by molar-refractivity contribution is -0.120. The molecule has 0 heterocycles. The van der Waals surface area contributed by atoms with E-state index in [-0.39, 0.29) is 36.4 Å². The van der Waals surface area contributed by atoms with E-state index in [0.717, 1.165) is 24.9 Å². The first kappa shape index (κ1) is 22.0. The van der Waals surface area contributed by atoms with Crippen LogP contribution in [0, 0.1) is 0 Å². The molecule has 25 heavy (non-hydrogen) atoms. The number of guanidine groups is 1. The van der Waals surface area contributed by atoms with Crippen LogP contribution in [0.1, 0.15) is 44.6 Å². The summed E-state index contributed by atoms with van der Waals surface area (Å²) in [5, 5.41) is 10.0. The smallest absolute Gasteiger partial charge is 0.239 e. The number of carbonyl (C=O) groups is 1. The van der Waals surface area contributed by atoms with Gasteiger partial charge in [0.05, 0.1) is 13.1 Å². The largest absolute Gasteiger partial charge is 0.357 e. The van der Waals surface area contributed by atoms with Crippen molar-refractivity contribution in [3.8, 4) is 0 Å². The fourth-order valence-electron chi connectivity index (χ4n) is 2.82. The molecule has 0 bridgehead atoms. The second-order valence-electron chi connectivity index (χ2n) is 6.04. The summed E-state index contributed by atoms with van der Waals surface area (Å²) in [6, 6.07) is 7.97. The maximum absolute atomic E-state index is 12.1. The molecule has 1 saturated carbocycles. The molecule has 0 aromatic heterocycles. The highest BCUT2D eigenvalue weighted by atomic mass is 127. The first-order valence-corrected chi connectivity index (χ1v) is 9.11. The van der Waals surface area contributed by atoms with Crippen LogP contribution in [-0.4, -0.2) is 31.0 Å². The first-order valence-electron chi connectivity index (χ1n) is 8.74. The second kappa shape index (κ2) is 12.4. The predicted molar refractivity (Wildman–Crippen MR) is 115 cm³/mol. The minimum atomic E-state index is 0. The van der Waals surface area contributed by atoms with E-state index >= 15 is 0 Å². The molecule has 0 aliphatic heterocycles. The highest BCUT2D eigenvalue weighted by molar-refractivity contribution is 14.0.